The lowest BCUT2D eigenvalue weighted by molar-refractivity contribution is -0.128. The van der Waals surface area contributed by atoms with E-state index in [9.17, 15) is 9.59 Å². The first kappa shape index (κ1) is 15.5. The first-order chi connectivity index (χ1) is 9.02. The molecule has 5 heteroatoms. The average molecular weight is 283 g/mol. The highest BCUT2D eigenvalue weighted by Gasteiger charge is 2.05. The van der Waals surface area contributed by atoms with E-state index in [0.29, 0.717) is 25.3 Å². The van der Waals surface area contributed by atoms with Crippen LogP contribution in [-0.2, 0) is 16.1 Å². The number of anilines is 1. The molecular formula is C14H19ClN2O2. The number of alkyl halides is 1. The molecule has 0 aliphatic heterocycles. The number of halogens is 1. The molecule has 0 spiro atoms. The van der Waals surface area contributed by atoms with Crippen molar-refractivity contribution in [2.75, 3.05) is 18.2 Å². The molecule has 0 saturated heterocycles. The number of nitrogens with one attached hydrogen (secondary N) is 1. The molecule has 1 aromatic carbocycles. The number of hydrogen-bond acceptors (Lipinski definition) is 2. The lowest BCUT2D eigenvalue weighted by Gasteiger charge is -2.15. The first-order valence-corrected chi connectivity index (χ1v) is 6.73. The number of amides is 2. The van der Waals surface area contributed by atoms with Gasteiger partial charge in [0.2, 0.25) is 11.8 Å². The standard InChI is InChI=1S/C14H19ClN2O2/c1-11(18)17(2)10-12-5-3-6-13(9-12)16-14(19)7-4-8-15/h3,5-6,9H,4,7-8,10H2,1-2H3,(H,16,19). The van der Waals surface area contributed by atoms with Gasteiger partial charge in [-0.1, -0.05) is 12.1 Å². The Labute approximate surface area is 118 Å². The van der Waals surface area contributed by atoms with Crippen molar-refractivity contribution < 1.29 is 9.59 Å². The quantitative estimate of drug-likeness (QED) is 0.816. The van der Waals surface area contributed by atoms with Crippen LogP contribution in [0.2, 0.25) is 0 Å². The number of rotatable bonds is 6. The van der Waals surface area contributed by atoms with Crippen LogP contribution >= 0.6 is 11.6 Å². The minimum Gasteiger partial charge on any atom is -0.342 e. The highest BCUT2D eigenvalue weighted by atomic mass is 35.5. The van der Waals surface area contributed by atoms with Crippen LogP contribution in [0.1, 0.15) is 25.3 Å². The second-order valence-corrected chi connectivity index (χ2v) is 4.79. The molecule has 1 aromatic rings. The Morgan fingerprint density at radius 1 is 1.37 bits per heavy atom. The summed E-state index contributed by atoms with van der Waals surface area (Å²) in [6, 6.07) is 7.49. The summed E-state index contributed by atoms with van der Waals surface area (Å²) < 4.78 is 0. The zero-order valence-electron chi connectivity index (χ0n) is 11.3. The maximum Gasteiger partial charge on any atom is 0.224 e. The number of benzene rings is 1. The fraction of sp³-hybridized carbons (Fsp3) is 0.429. The second-order valence-electron chi connectivity index (χ2n) is 4.42. The van der Waals surface area contributed by atoms with Gasteiger partial charge in [-0.25, -0.2) is 0 Å². The third-order valence-electron chi connectivity index (χ3n) is 2.71. The SMILES string of the molecule is CC(=O)N(C)Cc1cccc(NC(=O)CCCCl)c1. The third kappa shape index (κ3) is 5.75. The van der Waals surface area contributed by atoms with E-state index in [-0.39, 0.29) is 11.8 Å². The van der Waals surface area contributed by atoms with Gasteiger partial charge in [-0.3, -0.25) is 9.59 Å². The smallest absolute Gasteiger partial charge is 0.224 e. The Hall–Kier alpha value is -1.55. The molecule has 0 unspecified atom stereocenters. The van der Waals surface area contributed by atoms with Gasteiger partial charge in [0.05, 0.1) is 0 Å². The van der Waals surface area contributed by atoms with Crippen LogP contribution in [0.4, 0.5) is 5.69 Å². The third-order valence-corrected chi connectivity index (χ3v) is 2.97. The van der Waals surface area contributed by atoms with Crippen molar-refractivity contribution in [2.24, 2.45) is 0 Å². The van der Waals surface area contributed by atoms with Crippen molar-refractivity contribution in [1.29, 1.82) is 0 Å². The Balaban J connectivity index is 2.61. The van der Waals surface area contributed by atoms with Crippen molar-refractivity contribution in [3.8, 4) is 0 Å². The van der Waals surface area contributed by atoms with Gasteiger partial charge >= 0.3 is 0 Å². The van der Waals surface area contributed by atoms with Gasteiger partial charge in [0.15, 0.2) is 0 Å². The van der Waals surface area contributed by atoms with E-state index in [1.165, 1.54) is 6.92 Å². The summed E-state index contributed by atoms with van der Waals surface area (Å²) in [5.41, 5.74) is 1.72. The highest BCUT2D eigenvalue weighted by Crippen LogP contribution is 2.13. The molecule has 0 aromatic heterocycles. The predicted molar refractivity (Wildman–Crippen MR) is 77.2 cm³/mol. The van der Waals surface area contributed by atoms with Crippen molar-refractivity contribution in [2.45, 2.75) is 26.3 Å². The van der Waals surface area contributed by atoms with E-state index in [2.05, 4.69) is 5.32 Å². The molecule has 0 fully saturated rings. The molecule has 1 N–H and O–H groups in total. The van der Waals surface area contributed by atoms with Crippen molar-refractivity contribution in [3.63, 3.8) is 0 Å². The van der Waals surface area contributed by atoms with Crippen LogP contribution in [0.3, 0.4) is 0 Å². The number of nitrogens with zero attached hydrogens (tertiary/aromatic N) is 1. The lowest BCUT2D eigenvalue weighted by atomic mass is 10.2. The summed E-state index contributed by atoms with van der Waals surface area (Å²) in [6.07, 6.45) is 1.08. The molecule has 104 valence electrons. The first-order valence-electron chi connectivity index (χ1n) is 6.19. The van der Waals surface area contributed by atoms with Gasteiger partial charge in [0.1, 0.15) is 0 Å². The van der Waals surface area contributed by atoms with Gasteiger partial charge in [-0.2, -0.15) is 0 Å². The van der Waals surface area contributed by atoms with Gasteiger partial charge in [0.25, 0.3) is 0 Å². The minimum atomic E-state index is -0.0438. The summed E-state index contributed by atoms with van der Waals surface area (Å²) in [4.78, 5) is 24.4. The predicted octanol–water partition coefficient (Wildman–Crippen LogP) is 2.62. The fourth-order valence-corrected chi connectivity index (χ4v) is 1.72. The summed E-state index contributed by atoms with van der Waals surface area (Å²) in [5, 5.41) is 2.82. The second kappa shape index (κ2) is 7.79. The van der Waals surface area contributed by atoms with Gasteiger partial charge < -0.3 is 10.2 Å². The average Bonchev–Trinajstić information content (AvgIpc) is 2.36. The molecule has 19 heavy (non-hydrogen) atoms. The Bertz CT molecular complexity index is 449. The molecule has 2 amide bonds. The molecule has 1 rings (SSSR count). The summed E-state index contributed by atoms with van der Waals surface area (Å²) in [6.45, 7) is 2.05. The lowest BCUT2D eigenvalue weighted by Crippen LogP contribution is -2.23. The zero-order valence-corrected chi connectivity index (χ0v) is 12.0. The summed E-state index contributed by atoms with van der Waals surface area (Å²) in [7, 11) is 1.74. The summed E-state index contributed by atoms with van der Waals surface area (Å²) in [5.74, 6) is 0.450. The van der Waals surface area contributed by atoms with E-state index in [4.69, 9.17) is 11.6 Å². The summed E-state index contributed by atoms with van der Waals surface area (Å²) >= 11 is 5.54. The molecule has 0 heterocycles. The molecule has 0 atom stereocenters. The van der Waals surface area contributed by atoms with E-state index in [0.717, 1.165) is 11.3 Å². The van der Waals surface area contributed by atoms with E-state index in [1.54, 1.807) is 11.9 Å². The van der Waals surface area contributed by atoms with E-state index in [1.807, 2.05) is 24.3 Å². The topological polar surface area (TPSA) is 49.4 Å². The largest absolute Gasteiger partial charge is 0.342 e. The van der Waals surface area contributed by atoms with Gasteiger partial charge in [-0.15, -0.1) is 11.6 Å². The van der Waals surface area contributed by atoms with E-state index < -0.39 is 0 Å². The fourth-order valence-electron chi connectivity index (χ4n) is 1.58. The normalized spacial score (nSPS) is 10.1. The zero-order chi connectivity index (χ0) is 14.3. The van der Waals surface area contributed by atoms with Crippen molar-refractivity contribution in [1.82, 2.24) is 4.90 Å². The van der Waals surface area contributed by atoms with Crippen LogP contribution in [-0.4, -0.2) is 29.6 Å². The monoisotopic (exact) mass is 282 g/mol. The Morgan fingerprint density at radius 3 is 2.74 bits per heavy atom. The van der Waals surface area contributed by atoms with Gasteiger partial charge in [-0.05, 0) is 24.1 Å². The number of carbonyl (C=O) groups is 2. The van der Waals surface area contributed by atoms with Crippen LogP contribution in [0, 0.1) is 0 Å². The van der Waals surface area contributed by atoms with Crippen molar-refractivity contribution in [3.05, 3.63) is 29.8 Å². The Kier molecular flexibility index (Phi) is 6.36. The molecule has 0 radical (unpaired) electrons. The molecular weight excluding hydrogens is 264 g/mol. The minimum absolute atomic E-state index is 0.0107. The number of hydrogen-bond donors (Lipinski definition) is 1. The van der Waals surface area contributed by atoms with Crippen LogP contribution in [0.15, 0.2) is 24.3 Å². The van der Waals surface area contributed by atoms with Crippen LogP contribution < -0.4 is 5.32 Å². The molecule has 0 saturated carbocycles. The molecule has 0 aliphatic carbocycles. The molecule has 4 nitrogen and oxygen atoms in total. The number of carbonyl (C=O) groups excluding carboxylic acids is 2. The van der Waals surface area contributed by atoms with Crippen LogP contribution in [0.25, 0.3) is 0 Å². The Morgan fingerprint density at radius 2 is 2.11 bits per heavy atom. The van der Waals surface area contributed by atoms with Gasteiger partial charge in [0, 0.05) is 38.5 Å². The molecule has 0 aliphatic rings. The van der Waals surface area contributed by atoms with Crippen LogP contribution in [0.5, 0.6) is 0 Å². The highest BCUT2D eigenvalue weighted by molar-refractivity contribution is 6.18. The van der Waals surface area contributed by atoms with E-state index >= 15 is 0 Å². The maximum absolute atomic E-state index is 11.6. The maximum atomic E-state index is 11.6. The molecule has 0 bridgehead atoms. The van der Waals surface area contributed by atoms with Crippen molar-refractivity contribution >= 4 is 29.1 Å².